The van der Waals surface area contributed by atoms with Crippen molar-refractivity contribution in [3.05, 3.63) is 163 Å². The van der Waals surface area contributed by atoms with E-state index in [2.05, 4.69) is 170 Å². The molecule has 0 fully saturated rings. The van der Waals surface area contributed by atoms with Crippen LogP contribution in [0.4, 0.5) is 17.1 Å². The van der Waals surface area contributed by atoms with Crippen LogP contribution in [0.5, 0.6) is 0 Å². The number of fused-ring (bicyclic) bond motifs is 11. The second-order valence-electron chi connectivity index (χ2n) is 13.3. The molecule has 8 aromatic carbocycles. The molecule has 0 N–H and O–H groups in total. The summed E-state index contributed by atoms with van der Waals surface area (Å²) in [5.74, 6) is 0. The molecule has 1 heterocycles. The Morgan fingerprint density at radius 2 is 1.11 bits per heavy atom. The number of hydrogen-bond donors (Lipinski definition) is 0. The predicted octanol–water partition coefficient (Wildman–Crippen LogP) is 12.3. The van der Waals surface area contributed by atoms with Gasteiger partial charge in [0.25, 0.3) is 0 Å². The monoisotopic (exact) mass is 665 g/mol. The van der Waals surface area contributed by atoms with E-state index in [9.17, 15) is 0 Å². The van der Waals surface area contributed by atoms with E-state index in [4.69, 9.17) is 0 Å². The van der Waals surface area contributed by atoms with Crippen molar-refractivity contribution in [2.24, 2.45) is 0 Å². The summed E-state index contributed by atoms with van der Waals surface area (Å²) in [4.78, 5) is 2.57. The summed E-state index contributed by atoms with van der Waals surface area (Å²) in [5.41, 5.74) is 9.11. The van der Waals surface area contributed by atoms with Crippen LogP contribution in [0, 0.1) is 0 Å². The van der Waals surface area contributed by atoms with Crippen molar-refractivity contribution in [3.63, 3.8) is 0 Å². The molecule has 0 atom stereocenters. The molecule has 1 aliphatic carbocycles. The minimum atomic E-state index is -0.0736. The van der Waals surface area contributed by atoms with Crippen LogP contribution in [0.25, 0.3) is 62.7 Å². The number of hydrogen-bond acceptors (Lipinski definition) is 1. The fourth-order valence-electron chi connectivity index (χ4n) is 8.15. The Hall–Kier alpha value is -5.14. The van der Waals surface area contributed by atoms with Crippen molar-refractivity contribution in [2.75, 3.05) is 4.90 Å². The molecule has 1 aromatic heterocycles. The average molecular weight is 665 g/mol. The van der Waals surface area contributed by atoms with Crippen molar-refractivity contribution in [1.82, 2.24) is 0 Å². The molecule has 0 saturated carbocycles. The first kappa shape index (κ1) is 27.0. The molecule has 0 bridgehead atoms. The number of anilines is 3. The van der Waals surface area contributed by atoms with Crippen LogP contribution in [-0.2, 0) is 5.41 Å². The standard InChI is InChI=1S/C45H31NSe/c1-45(2)37-17-8-7-15-36(37)42-38(45)18-10-19-39(42)46(32-25-23-28-11-3-4-13-31(28)27-32)40-20-9-16-34-35-26-24-30-22-21-29-12-5-6-14-33(29)41(30)44(35)47-43(34)40/h3-27H,1-2H3. The molecule has 47 heavy (non-hydrogen) atoms. The third-order valence-corrected chi connectivity index (χ3v) is 13.1. The molecule has 9 aromatic rings. The van der Waals surface area contributed by atoms with Gasteiger partial charge in [-0.15, -0.1) is 0 Å². The SMILES string of the molecule is CC1(C)c2ccccc2-c2c(N(c3ccc4ccccc4c3)c3cccc4c3[se]c3c4ccc4ccc5ccccc5c43)cccc21. The van der Waals surface area contributed by atoms with Crippen LogP contribution in [0.3, 0.4) is 0 Å². The molecule has 0 aliphatic heterocycles. The fraction of sp³-hybridized carbons (Fsp3) is 0.0667. The second kappa shape index (κ2) is 9.93. The Kier molecular flexibility index (Phi) is 5.71. The maximum absolute atomic E-state index is 2.57. The maximum atomic E-state index is 2.57. The summed E-state index contributed by atoms with van der Waals surface area (Å²) in [6.07, 6.45) is 0. The topological polar surface area (TPSA) is 3.24 Å². The van der Waals surface area contributed by atoms with Crippen molar-refractivity contribution in [1.29, 1.82) is 0 Å². The Bertz CT molecular complexity index is 2730. The van der Waals surface area contributed by atoms with Crippen LogP contribution >= 0.6 is 0 Å². The molecule has 10 rings (SSSR count). The van der Waals surface area contributed by atoms with Gasteiger partial charge in [0.1, 0.15) is 0 Å². The summed E-state index contributed by atoms with van der Waals surface area (Å²) in [5, 5.41) is 10.7. The minimum absolute atomic E-state index is 0.0736. The van der Waals surface area contributed by atoms with Gasteiger partial charge in [-0.25, -0.2) is 0 Å². The quantitative estimate of drug-likeness (QED) is 0.134. The summed E-state index contributed by atoms with van der Waals surface area (Å²) in [6.45, 7) is 4.74. The van der Waals surface area contributed by atoms with Crippen molar-refractivity contribution in [3.8, 4) is 11.1 Å². The van der Waals surface area contributed by atoms with Crippen LogP contribution < -0.4 is 4.90 Å². The van der Waals surface area contributed by atoms with Gasteiger partial charge in [0.2, 0.25) is 0 Å². The van der Waals surface area contributed by atoms with E-state index in [0.29, 0.717) is 0 Å². The van der Waals surface area contributed by atoms with Crippen molar-refractivity contribution in [2.45, 2.75) is 19.3 Å². The molecule has 0 amide bonds. The van der Waals surface area contributed by atoms with Gasteiger partial charge in [-0.3, -0.25) is 0 Å². The van der Waals surface area contributed by atoms with Crippen molar-refractivity contribution < 1.29 is 0 Å². The zero-order chi connectivity index (χ0) is 31.3. The molecule has 1 nitrogen and oxygen atoms in total. The zero-order valence-electron chi connectivity index (χ0n) is 26.3. The molecule has 0 radical (unpaired) electrons. The Labute approximate surface area is 280 Å². The van der Waals surface area contributed by atoms with E-state index in [0.717, 1.165) is 0 Å². The molecular formula is C45H31NSe. The molecule has 0 spiro atoms. The normalized spacial score (nSPS) is 13.5. The van der Waals surface area contributed by atoms with Gasteiger partial charge in [0.05, 0.1) is 0 Å². The molecule has 1 aliphatic rings. The summed E-state index contributed by atoms with van der Waals surface area (Å²) in [7, 11) is 0. The van der Waals surface area contributed by atoms with Gasteiger partial charge in [0.15, 0.2) is 0 Å². The van der Waals surface area contributed by atoms with E-state index in [1.165, 1.54) is 90.9 Å². The van der Waals surface area contributed by atoms with Gasteiger partial charge >= 0.3 is 281 Å². The first-order chi connectivity index (χ1) is 23.1. The Morgan fingerprint density at radius 1 is 0.468 bits per heavy atom. The first-order valence-electron chi connectivity index (χ1n) is 16.4. The van der Waals surface area contributed by atoms with Crippen LogP contribution in [-0.4, -0.2) is 14.5 Å². The number of benzene rings is 8. The third kappa shape index (κ3) is 3.83. The first-order valence-corrected chi connectivity index (χ1v) is 18.1. The van der Waals surface area contributed by atoms with E-state index >= 15 is 0 Å². The molecule has 2 heteroatoms. The van der Waals surface area contributed by atoms with Crippen LogP contribution in [0.2, 0.25) is 0 Å². The van der Waals surface area contributed by atoms with Gasteiger partial charge in [-0.2, -0.15) is 0 Å². The van der Waals surface area contributed by atoms with Gasteiger partial charge in [-0.1, -0.05) is 0 Å². The van der Waals surface area contributed by atoms with Gasteiger partial charge in [0, 0.05) is 0 Å². The van der Waals surface area contributed by atoms with Crippen LogP contribution in [0.1, 0.15) is 25.0 Å². The Morgan fingerprint density at radius 3 is 2.02 bits per heavy atom. The summed E-state index contributed by atoms with van der Waals surface area (Å²) in [6, 6.07) is 56.7. The van der Waals surface area contributed by atoms with E-state index in [-0.39, 0.29) is 19.9 Å². The Balaban J connectivity index is 1.32. The van der Waals surface area contributed by atoms with E-state index in [1.54, 1.807) is 0 Å². The summed E-state index contributed by atoms with van der Waals surface area (Å²) >= 11 is 0.120. The second-order valence-corrected chi connectivity index (χ2v) is 15.5. The van der Waals surface area contributed by atoms with Crippen molar-refractivity contribution >= 4 is 83.2 Å². The van der Waals surface area contributed by atoms with Crippen LogP contribution in [0.15, 0.2) is 152 Å². The average Bonchev–Trinajstić information content (AvgIpc) is 3.61. The number of nitrogens with zero attached hydrogens (tertiary/aromatic N) is 1. The third-order valence-electron chi connectivity index (χ3n) is 10.4. The molecular weight excluding hydrogens is 633 g/mol. The molecule has 222 valence electrons. The number of rotatable bonds is 3. The molecule has 0 saturated heterocycles. The fourth-order valence-corrected chi connectivity index (χ4v) is 11.0. The zero-order valence-corrected chi connectivity index (χ0v) is 28.0. The molecule has 0 unspecified atom stereocenters. The van der Waals surface area contributed by atoms with E-state index < -0.39 is 0 Å². The summed E-state index contributed by atoms with van der Waals surface area (Å²) < 4.78 is 2.95. The van der Waals surface area contributed by atoms with Gasteiger partial charge in [-0.05, 0) is 0 Å². The van der Waals surface area contributed by atoms with Gasteiger partial charge < -0.3 is 0 Å². The predicted molar refractivity (Wildman–Crippen MR) is 203 cm³/mol. The van der Waals surface area contributed by atoms with E-state index in [1.807, 2.05) is 0 Å².